The maximum atomic E-state index is 12.8. The summed E-state index contributed by atoms with van der Waals surface area (Å²) in [5.41, 5.74) is 4.86. The highest BCUT2D eigenvalue weighted by Crippen LogP contribution is 2.16. The first-order chi connectivity index (χ1) is 10.00. The van der Waals surface area contributed by atoms with E-state index >= 15 is 0 Å². The number of carbonyl (C=O) groups excluding carboxylic acids is 1. The van der Waals surface area contributed by atoms with Crippen LogP contribution in [0, 0.1) is 0 Å². The van der Waals surface area contributed by atoms with Crippen LogP contribution in [0.1, 0.15) is 12.3 Å². The molecule has 2 aromatic heterocycles. The molecular formula is C12H15ClF2N4O3. The number of aryl methyl sites for hydroxylation is 1. The predicted octanol–water partition coefficient (Wildman–Crippen LogP) is 1.39. The third-order valence-electron chi connectivity index (χ3n) is 2.62. The maximum absolute atomic E-state index is 12.8. The van der Waals surface area contributed by atoms with Crippen molar-refractivity contribution in [2.75, 3.05) is 13.1 Å². The second kappa shape index (κ2) is 7.85. The molecule has 1 amide bonds. The summed E-state index contributed by atoms with van der Waals surface area (Å²) in [6, 6.07) is 3.34. The van der Waals surface area contributed by atoms with Crippen molar-refractivity contribution in [1.29, 1.82) is 0 Å². The van der Waals surface area contributed by atoms with E-state index in [4.69, 9.17) is 14.7 Å². The molecule has 0 atom stereocenters. The number of rotatable bonds is 7. The Balaban J connectivity index is 0.00000242. The zero-order valence-corrected chi connectivity index (χ0v) is 12.2. The van der Waals surface area contributed by atoms with E-state index in [0.717, 1.165) is 0 Å². The van der Waals surface area contributed by atoms with Crippen molar-refractivity contribution >= 4 is 18.3 Å². The molecule has 0 aliphatic carbocycles. The van der Waals surface area contributed by atoms with Gasteiger partial charge in [-0.25, -0.2) is 8.78 Å². The molecule has 0 aromatic carbocycles. The number of nitrogens with one attached hydrogen (secondary N) is 1. The molecule has 0 saturated heterocycles. The summed E-state index contributed by atoms with van der Waals surface area (Å²) in [4.78, 5) is 15.5. The molecule has 2 aromatic rings. The van der Waals surface area contributed by atoms with Crippen molar-refractivity contribution in [2.24, 2.45) is 5.73 Å². The van der Waals surface area contributed by atoms with Crippen molar-refractivity contribution < 1.29 is 22.5 Å². The molecule has 0 fully saturated rings. The van der Waals surface area contributed by atoms with E-state index in [1.165, 1.54) is 6.26 Å². The van der Waals surface area contributed by atoms with Crippen molar-refractivity contribution in [3.63, 3.8) is 0 Å². The highest BCUT2D eigenvalue weighted by atomic mass is 35.5. The van der Waals surface area contributed by atoms with Gasteiger partial charge in [0.25, 0.3) is 5.92 Å². The molecule has 122 valence electrons. The largest absolute Gasteiger partial charge is 0.461 e. The molecule has 0 saturated carbocycles. The first-order valence-corrected chi connectivity index (χ1v) is 6.21. The number of hydrogen-bond acceptors (Lipinski definition) is 6. The topological polar surface area (TPSA) is 107 Å². The van der Waals surface area contributed by atoms with Crippen LogP contribution >= 0.6 is 12.4 Å². The van der Waals surface area contributed by atoms with Crippen LogP contribution in [0.4, 0.5) is 8.78 Å². The van der Waals surface area contributed by atoms with E-state index in [9.17, 15) is 13.6 Å². The van der Waals surface area contributed by atoms with Gasteiger partial charge in [0.05, 0.1) is 19.4 Å². The summed E-state index contributed by atoms with van der Waals surface area (Å²) in [6.45, 7) is -1.60. The Morgan fingerprint density at radius 3 is 2.86 bits per heavy atom. The Kier molecular flexibility index (Phi) is 6.44. The van der Waals surface area contributed by atoms with Gasteiger partial charge in [-0.2, -0.15) is 4.98 Å². The van der Waals surface area contributed by atoms with E-state index in [1.807, 2.05) is 0 Å². The minimum Gasteiger partial charge on any atom is -0.461 e. The van der Waals surface area contributed by atoms with Crippen LogP contribution in [0.3, 0.4) is 0 Å². The zero-order valence-electron chi connectivity index (χ0n) is 11.4. The SMILES string of the molecule is Cl.NCC(F)(F)CNC(=O)CCc1nc(-c2ccco2)no1. The van der Waals surface area contributed by atoms with Crippen molar-refractivity contribution in [3.05, 3.63) is 24.3 Å². The Hall–Kier alpha value is -2.00. The minimum absolute atomic E-state index is 0. The van der Waals surface area contributed by atoms with E-state index in [-0.39, 0.29) is 37.0 Å². The predicted molar refractivity (Wildman–Crippen MR) is 74.6 cm³/mol. The van der Waals surface area contributed by atoms with Crippen LogP contribution < -0.4 is 11.1 Å². The van der Waals surface area contributed by atoms with Gasteiger partial charge in [-0.1, -0.05) is 5.16 Å². The standard InChI is InChI=1S/C12H14F2N4O3.ClH/c13-12(14,6-15)7-16-9(19)3-4-10-17-11(18-21-10)8-2-1-5-20-8;/h1-2,5H,3-4,6-7,15H2,(H,16,19);1H. The lowest BCUT2D eigenvalue weighted by molar-refractivity contribution is -0.122. The summed E-state index contributed by atoms with van der Waals surface area (Å²) in [7, 11) is 0. The van der Waals surface area contributed by atoms with Gasteiger partial charge in [0, 0.05) is 12.8 Å². The second-order valence-corrected chi connectivity index (χ2v) is 4.33. The molecule has 0 radical (unpaired) electrons. The van der Waals surface area contributed by atoms with Gasteiger partial charge in [-0.15, -0.1) is 12.4 Å². The number of nitrogens with two attached hydrogens (primary N) is 1. The van der Waals surface area contributed by atoms with Crippen molar-refractivity contribution in [1.82, 2.24) is 15.5 Å². The van der Waals surface area contributed by atoms with E-state index in [0.29, 0.717) is 5.76 Å². The number of amides is 1. The monoisotopic (exact) mass is 336 g/mol. The molecule has 7 nitrogen and oxygen atoms in total. The van der Waals surface area contributed by atoms with Gasteiger partial charge in [-0.3, -0.25) is 4.79 Å². The first kappa shape index (κ1) is 18.1. The van der Waals surface area contributed by atoms with Crippen molar-refractivity contribution in [2.45, 2.75) is 18.8 Å². The highest BCUT2D eigenvalue weighted by molar-refractivity contribution is 5.85. The van der Waals surface area contributed by atoms with Crippen molar-refractivity contribution in [3.8, 4) is 11.6 Å². The molecule has 3 N–H and O–H groups in total. The fraction of sp³-hybridized carbons (Fsp3) is 0.417. The lowest BCUT2D eigenvalue weighted by Gasteiger charge is -2.14. The molecule has 0 aliphatic rings. The molecule has 0 spiro atoms. The summed E-state index contributed by atoms with van der Waals surface area (Å²) >= 11 is 0. The zero-order chi connectivity index (χ0) is 15.3. The molecule has 0 unspecified atom stereocenters. The molecule has 22 heavy (non-hydrogen) atoms. The number of nitrogens with zero attached hydrogens (tertiary/aromatic N) is 2. The Morgan fingerprint density at radius 1 is 1.45 bits per heavy atom. The van der Waals surface area contributed by atoms with Crippen LogP contribution in [0.5, 0.6) is 0 Å². The minimum atomic E-state index is -3.10. The Labute approximate surface area is 130 Å². The van der Waals surface area contributed by atoms with E-state index in [2.05, 4.69) is 15.5 Å². The number of furan rings is 1. The Bertz CT molecular complexity index is 589. The smallest absolute Gasteiger partial charge is 0.277 e. The molecule has 2 heterocycles. The molecule has 0 bridgehead atoms. The van der Waals surface area contributed by atoms with Gasteiger partial charge >= 0.3 is 0 Å². The third kappa shape index (κ3) is 5.08. The van der Waals surface area contributed by atoms with Gasteiger partial charge in [0.1, 0.15) is 0 Å². The second-order valence-electron chi connectivity index (χ2n) is 4.33. The average Bonchev–Trinajstić information content (AvgIpc) is 3.13. The number of carbonyl (C=O) groups is 1. The number of halogens is 3. The summed E-state index contributed by atoms with van der Waals surface area (Å²) in [5.74, 6) is -2.71. The normalized spacial score (nSPS) is 11.0. The molecule has 2 rings (SSSR count). The third-order valence-corrected chi connectivity index (χ3v) is 2.62. The Morgan fingerprint density at radius 2 is 2.23 bits per heavy atom. The fourth-order valence-electron chi connectivity index (χ4n) is 1.47. The summed E-state index contributed by atoms with van der Waals surface area (Å²) in [5, 5.41) is 5.79. The van der Waals surface area contributed by atoms with Crippen LogP contribution in [0.25, 0.3) is 11.6 Å². The van der Waals surface area contributed by atoms with Crippen LogP contribution in [0.15, 0.2) is 27.3 Å². The maximum Gasteiger partial charge on any atom is 0.277 e. The van der Waals surface area contributed by atoms with Crippen LogP contribution in [-0.2, 0) is 11.2 Å². The molecular weight excluding hydrogens is 322 g/mol. The van der Waals surface area contributed by atoms with Gasteiger partial charge < -0.3 is 20.0 Å². The number of alkyl halides is 2. The lowest BCUT2D eigenvalue weighted by Crippen LogP contribution is -2.41. The van der Waals surface area contributed by atoms with E-state index < -0.39 is 24.9 Å². The first-order valence-electron chi connectivity index (χ1n) is 6.21. The van der Waals surface area contributed by atoms with Crippen LogP contribution in [-0.4, -0.2) is 35.1 Å². The summed E-state index contributed by atoms with van der Waals surface area (Å²) in [6.07, 6.45) is 1.57. The van der Waals surface area contributed by atoms with Gasteiger partial charge in [0.15, 0.2) is 5.76 Å². The van der Waals surface area contributed by atoms with Gasteiger partial charge in [0.2, 0.25) is 17.6 Å². The molecule has 0 aliphatic heterocycles. The number of aromatic nitrogens is 2. The lowest BCUT2D eigenvalue weighted by atomic mass is 10.2. The highest BCUT2D eigenvalue weighted by Gasteiger charge is 2.27. The average molecular weight is 337 g/mol. The van der Waals surface area contributed by atoms with Gasteiger partial charge in [-0.05, 0) is 12.1 Å². The van der Waals surface area contributed by atoms with Crippen LogP contribution in [0.2, 0.25) is 0 Å². The summed E-state index contributed by atoms with van der Waals surface area (Å²) < 4.78 is 35.7. The van der Waals surface area contributed by atoms with E-state index in [1.54, 1.807) is 12.1 Å². The quantitative estimate of drug-likeness (QED) is 0.791. The molecule has 10 heteroatoms. The number of hydrogen-bond donors (Lipinski definition) is 2. The fourth-order valence-corrected chi connectivity index (χ4v) is 1.47.